The minimum absolute atomic E-state index is 0.100. The van der Waals surface area contributed by atoms with Crippen LogP contribution in [-0.4, -0.2) is 12.4 Å². The molecule has 0 spiro atoms. The summed E-state index contributed by atoms with van der Waals surface area (Å²) in [5.74, 6) is 0.562. The lowest BCUT2D eigenvalue weighted by Gasteiger charge is -2.11. The maximum absolute atomic E-state index is 7.20. The third kappa shape index (κ3) is 3.98. The molecule has 0 aliphatic heterocycles. The molecule has 0 heterocycles. The van der Waals surface area contributed by atoms with Gasteiger partial charge in [-0.1, -0.05) is 30.1 Å². The van der Waals surface area contributed by atoms with Crippen molar-refractivity contribution in [1.82, 2.24) is 0 Å². The Morgan fingerprint density at radius 2 is 1.93 bits per heavy atom. The highest BCUT2D eigenvalue weighted by Gasteiger charge is 2.06. The van der Waals surface area contributed by atoms with E-state index in [1.807, 2.05) is 6.92 Å². The molecule has 0 aliphatic rings. The number of rotatable bonds is 4. The lowest BCUT2D eigenvalue weighted by molar-refractivity contribution is 0.292. The average Bonchev–Trinajstić information content (AvgIpc) is 2.12. The van der Waals surface area contributed by atoms with Crippen LogP contribution in [0.3, 0.4) is 0 Å². The smallest absolute Gasteiger partial charge is 0.122 e. The topological polar surface area (TPSA) is 59.1 Å². The van der Waals surface area contributed by atoms with Gasteiger partial charge in [0.05, 0.1) is 12.4 Å². The Morgan fingerprint density at radius 1 is 1.40 bits per heavy atom. The fourth-order valence-electron chi connectivity index (χ4n) is 0.923. The standard InChI is InChI=1S/C10H12Cl2N2O/c1-6(10(13)14)5-15-9-3-7(11)2-8(12)4-9/h2-4,6H,5H2,1H3,(H3,13,14). The highest BCUT2D eigenvalue weighted by molar-refractivity contribution is 6.34. The largest absolute Gasteiger partial charge is 0.493 e. The third-order valence-corrected chi connectivity index (χ3v) is 2.30. The number of hydrogen-bond donors (Lipinski definition) is 2. The van der Waals surface area contributed by atoms with Gasteiger partial charge in [0, 0.05) is 16.0 Å². The molecule has 1 atom stereocenters. The van der Waals surface area contributed by atoms with E-state index in [9.17, 15) is 0 Å². The minimum Gasteiger partial charge on any atom is -0.493 e. The van der Waals surface area contributed by atoms with Crippen molar-refractivity contribution in [1.29, 1.82) is 5.41 Å². The van der Waals surface area contributed by atoms with Crippen molar-refractivity contribution in [2.45, 2.75) is 6.92 Å². The Labute approximate surface area is 98.6 Å². The normalized spacial score (nSPS) is 12.2. The summed E-state index contributed by atoms with van der Waals surface area (Å²) in [4.78, 5) is 0. The predicted molar refractivity (Wildman–Crippen MR) is 63.0 cm³/mol. The molecule has 0 aromatic heterocycles. The van der Waals surface area contributed by atoms with Gasteiger partial charge in [-0.15, -0.1) is 0 Å². The average molecular weight is 247 g/mol. The summed E-state index contributed by atoms with van der Waals surface area (Å²) in [7, 11) is 0. The molecule has 0 saturated carbocycles. The molecule has 3 N–H and O–H groups in total. The van der Waals surface area contributed by atoms with Crippen molar-refractivity contribution >= 4 is 29.0 Å². The zero-order valence-corrected chi connectivity index (χ0v) is 9.77. The molecule has 0 saturated heterocycles. The number of ether oxygens (including phenoxy) is 1. The van der Waals surface area contributed by atoms with E-state index in [2.05, 4.69) is 0 Å². The van der Waals surface area contributed by atoms with Crippen LogP contribution < -0.4 is 10.5 Å². The molecule has 1 rings (SSSR count). The van der Waals surface area contributed by atoms with E-state index >= 15 is 0 Å². The second-order valence-corrected chi connectivity index (χ2v) is 4.15. The van der Waals surface area contributed by atoms with Gasteiger partial charge in [-0.25, -0.2) is 0 Å². The van der Waals surface area contributed by atoms with Crippen LogP contribution in [0, 0.1) is 11.3 Å². The Hall–Kier alpha value is -0.930. The second kappa shape index (κ2) is 5.24. The van der Waals surface area contributed by atoms with Crippen molar-refractivity contribution in [3.8, 4) is 5.75 Å². The first-order valence-electron chi connectivity index (χ1n) is 4.42. The summed E-state index contributed by atoms with van der Waals surface area (Å²) < 4.78 is 5.40. The van der Waals surface area contributed by atoms with E-state index in [4.69, 9.17) is 39.1 Å². The van der Waals surface area contributed by atoms with E-state index in [1.54, 1.807) is 18.2 Å². The van der Waals surface area contributed by atoms with E-state index < -0.39 is 0 Å². The summed E-state index contributed by atoms with van der Waals surface area (Å²) in [5.41, 5.74) is 5.31. The van der Waals surface area contributed by atoms with Crippen molar-refractivity contribution < 1.29 is 4.74 Å². The van der Waals surface area contributed by atoms with Gasteiger partial charge >= 0.3 is 0 Å². The zero-order valence-electron chi connectivity index (χ0n) is 8.26. The van der Waals surface area contributed by atoms with Crippen LogP contribution in [0.25, 0.3) is 0 Å². The van der Waals surface area contributed by atoms with Gasteiger partial charge in [0.15, 0.2) is 0 Å². The zero-order chi connectivity index (χ0) is 11.4. The molecule has 1 aromatic rings. The number of halogens is 2. The second-order valence-electron chi connectivity index (χ2n) is 3.27. The number of nitrogens with two attached hydrogens (primary N) is 1. The van der Waals surface area contributed by atoms with Gasteiger partial charge < -0.3 is 10.5 Å². The van der Waals surface area contributed by atoms with Gasteiger partial charge in [-0.2, -0.15) is 0 Å². The summed E-state index contributed by atoms with van der Waals surface area (Å²) in [6, 6.07) is 4.96. The fraction of sp³-hybridized carbons (Fsp3) is 0.300. The number of nitrogens with one attached hydrogen (secondary N) is 1. The van der Waals surface area contributed by atoms with E-state index in [1.165, 1.54) is 0 Å². The monoisotopic (exact) mass is 246 g/mol. The summed E-state index contributed by atoms with van der Waals surface area (Å²) in [6.07, 6.45) is 0. The minimum atomic E-state index is -0.122. The van der Waals surface area contributed by atoms with Crippen LogP contribution in [0.1, 0.15) is 6.92 Å². The lowest BCUT2D eigenvalue weighted by Crippen LogP contribution is -2.25. The molecule has 0 bridgehead atoms. The Morgan fingerprint density at radius 3 is 2.40 bits per heavy atom. The quantitative estimate of drug-likeness (QED) is 0.634. The molecule has 5 heteroatoms. The van der Waals surface area contributed by atoms with Crippen LogP contribution >= 0.6 is 23.2 Å². The van der Waals surface area contributed by atoms with Crippen molar-refractivity contribution in [3.05, 3.63) is 28.2 Å². The maximum atomic E-state index is 7.20. The van der Waals surface area contributed by atoms with Crippen LogP contribution in [0.4, 0.5) is 0 Å². The summed E-state index contributed by atoms with van der Waals surface area (Å²) >= 11 is 11.6. The first kappa shape index (κ1) is 12.1. The van der Waals surface area contributed by atoms with Crippen LogP contribution in [0.15, 0.2) is 18.2 Å². The SMILES string of the molecule is CC(COc1cc(Cl)cc(Cl)c1)C(=N)N. The van der Waals surface area contributed by atoms with Gasteiger partial charge in [-0.05, 0) is 18.2 Å². The molecule has 15 heavy (non-hydrogen) atoms. The van der Waals surface area contributed by atoms with E-state index in [0.717, 1.165) is 0 Å². The molecular weight excluding hydrogens is 235 g/mol. The van der Waals surface area contributed by atoms with E-state index in [0.29, 0.717) is 22.4 Å². The number of benzene rings is 1. The third-order valence-electron chi connectivity index (χ3n) is 1.87. The Balaban J connectivity index is 2.61. The molecule has 0 amide bonds. The highest BCUT2D eigenvalue weighted by Crippen LogP contribution is 2.24. The molecule has 1 aromatic carbocycles. The summed E-state index contributed by atoms with van der Waals surface area (Å²) in [5, 5.41) is 8.24. The van der Waals surface area contributed by atoms with Gasteiger partial charge in [-0.3, -0.25) is 5.41 Å². The van der Waals surface area contributed by atoms with Crippen molar-refractivity contribution in [2.75, 3.05) is 6.61 Å². The molecule has 1 unspecified atom stereocenters. The highest BCUT2D eigenvalue weighted by atomic mass is 35.5. The number of hydrogen-bond acceptors (Lipinski definition) is 2. The molecule has 0 fully saturated rings. The van der Waals surface area contributed by atoms with Crippen LogP contribution in [0.2, 0.25) is 10.0 Å². The van der Waals surface area contributed by atoms with Crippen molar-refractivity contribution in [3.63, 3.8) is 0 Å². The molecular formula is C10H12Cl2N2O. The fourth-order valence-corrected chi connectivity index (χ4v) is 1.43. The summed E-state index contributed by atoms with van der Waals surface area (Å²) in [6.45, 7) is 2.15. The van der Waals surface area contributed by atoms with E-state index in [-0.39, 0.29) is 11.8 Å². The van der Waals surface area contributed by atoms with Gasteiger partial charge in [0.1, 0.15) is 5.75 Å². The Bertz CT molecular complexity index is 348. The molecule has 3 nitrogen and oxygen atoms in total. The molecule has 0 aliphatic carbocycles. The molecule has 0 radical (unpaired) electrons. The molecule has 82 valence electrons. The van der Waals surface area contributed by atoms with Crippen molar-refractivity contribution in [2.24, 2.45) is 11.7 Å². The first-order chi connectivity index (χ1) is 6.99. The maximum Gasteiger partial charge on any atom is 0.122 e. The van der Waals surface area contributed by atoms with Crippen LogP contribution in [-0.2, 0) is 0 Å². The van der Waals surface area contributed by atoms with Gasteiger partial charge in [0.25, 0.3) is 0 Å². The first-order valence-corrected chi connectivity index (χ1v) is 5.17. The predicted octanol–water partition coefficient (Wildman–Crippen LogP) is 2.94. The Kier molecular flexibility index (Phi) is 4.24. The lowest BCUT2D eigenvalue weighted by atomic mass is 10.2. The number of amidine groups is 1. The van der Waals surface area contributed by atoms with Crippen LogP contribution in [0.5, 0.6) is 5.75 Å². The van der Waals surface area contributed by atoms with Gasteiger partial charge in [0.2, 0.25) is 0 Å².